The third-order valence-corrected chi connectivity index (χ3v) is 12.4. The first-order valence-electron chi connectivity index (χ1n) is 18.2. The van der Waals surface area contributed by atoms with Crippen molar-refractivity contribution >= 4 is 91.9 Å². The Hall–Kier alpha value is -6.68. The molecule has 0 saturated carbocycles. The zero-order valence-corrected chi connectivity index (χ0v) is 29.4. The molecule has 0 atom stereocenters. The van der Waals surface area contributed by atoms with Gasteiger partial charge in [-0.25, -0.2) is 0 Å². The van der Waals surface area contributed by atoms with Crippen LogP contribution in [-0.4, -0.2) is 4.57 Å². The third kappa shape index (κ3) is 4.08. The number of benzene rings is 9. The molecular formula is C50H30N2S. The largest absolute Gasteiger partial charge is 0.310 e. The van der Waals surface area contributed by atoms with Gasteiger partial charge in [0.05, 0.1) is 16.7 Å². The lowest BCUT2D eigenvalue weighted by Crippen LogP contribution is -2.11. The molecule has 0 spiro atoms. The van der Waals surface area contributed by atoms with Gasteiger partial charge in [0.1, 0.15) is 0 Å². The van der Waals surface area contributed by atoms with Crippen molar-refractivity contribution in [2.45, 2.75) is 0 Å². The number of nitrogens with zero attached hydrogens (tertiary/aromatic N) is 2. The van der Waals surface area contributed by atoms with E-state index in [0.29, 0.717) is 0 Å². The van der Waals surface area contributed by atoms with Gasteiger partial charge in [-0.3, -0.25) is 0 Å². The summed E-state index contributed by atoms with van der Waals surface area (Å²) in [6.07, 6.45) is 0. The first-order chi connectivity index (χ1) is 26.3. The highest BCUT2D eigenvalue weighted by Gasteiger charge is 2.29. The average molecular weight is 691 g/mol. The fraction of sp³-hybridized carbons (Fsp3) is 0. The molecule has 2 aromatic heterocycles. The van der Waals surface area contributed by atoms with E-state index in [1.54, 1.807) is 0 Å². The van der Waals surface area contributed by atoms with E-state index < -0.39 is 0 Å². The molecule has 246 valence electrons. The van der Waals surface area contributed by atoms with Gasteiger partial charge >= 0.3 is 0 Å². The van der Waals surface area contributed by atoms with Gasteiger partial charge in [-0.2, -0.15) is 0 Å². The number of anilines is 3. The van der Waals surface area contributed by atoms with E-state index in [2.05, 4.69) is 191 Å². The van der Waals surface area contributed by atoms with Crippen molar-refractivity contribution in [2.24, 2.45) is 0 Å². The summed E-state index contributed by atoms with van der Waals surface area (Å²) in [5.74, 6) is 0. The number of rotatable bonds is 4. The van der Waals surface area contributed by atoms with Crippen molar-refractivity contribution < 1.29 is 0 Å². The molecule has 0 radical (unpaired) electrons. The summed E-state index contributed by atoms with van der Waals surface area (Å²) in [6.45, 7) is 0. The highest BCUT2D eigenvalue weighted by molar-refractivity contribution is 7.25. The van der Waals surface area contributed by atoms with E-state index in [1.165, 1.54) is 91.5 Å². The Morgan fingerprint density at radius 1 is 0.396 bits per heavy atom. The Bertz CT molecular complexity index is 3290. The van der Waals surface area contributed by atoms with Crippen LogP contribution in [0.2, 0.25) is 0 Å². The molecule has 0 aliphatic heterocycles. The van der Waals surface area contributed by atoms with Crippen LogP contribution in [0.3, 0.4) is 0 Å². The lowest BCUT2D eigenvalue weighted by atomic mass is 9.94. The van der Waals surface area contributed by atoms with E-state index in [9.17, 15) is 0 Å². The third-order valence-electron chi connectivity index (χ3n) is 11.3. The van der Waals surface area contributed by atoms with Crippen molar-refractivity contribution in [1.82, 2.24) is 4.57 Å². The Kier molecular flexibility index (Phi) is 5.96. The van der Waals surface area contributed by atoms with Gasteiger partial charge in [-0.1, -0.05) is 115 Å². The molecule has 3 heteroatoms. The van der Waals surface area contributed by atoms with Crippen LogP contribution in [0.15, 0.2) is 182 Å². The van der Waals surface area contributed by atoms with Crippen molar-refractivity contribution in [2.75, 3.05) is 4.90 Å². The lowest BCUT2D eigenvalue weighted by Gasteiger charge is -2.28. The minimum Gasteiger partial charge on any atom is -0.310 e. The molecule has 1 aliphatic rings. The van der Waals surface area contributed by atoms with Crippen LogP contribution >= 0.6 is 11.3 Å². The maximum Gasteiger partial charge on any atom is 0.0546 e. The SMILES string of the molecule is c1ccc(-n2c3ccccc3c3cc(N(c4ccc5c(c4)sc4ccccc45)c4cccc5c4-c4c6ccccc6cc6cccc-5c46)ccc32)cc1. The molecular weight excluding hydrogens is 661 g/mol. The molecule has 0 unspecified atom stereocenters. The standard InChI is InChI=1S/C50H30N2S/c1-2-14-33(15-3-1)52-43-21-8-6-17-37(43)42-29-34(25-27-44(42)52)51(35-24-26-39-38-18-7-9-23-46(38)53-47(39)30-35)45-22-11-20-41-40-19-10-13-32-28-31-12-4-5-16-36(31)50(48(32)40)49(41)45/h1-30H. The second-order valence-corrected chi connectivity index (χ2v) is 15.2. The smallest absolute Gasteiger partial charge is 0.0546 e. The second-order valence-electron chi connectivity index (χ2n) is 14.1. The van der Waals surface area contributed by atoms with E-state index in [1.807, 2.05) is 11.3 Å². The minimum absolute atomic E-state index is 1.13. The van der Waals surface area contributed by atoms with Crippen LogP contribution in [0.4, 0.5) is 17.1 Å². The first-order valence-corrected chi connectivity index (χ1v) is 19.0. The number of para-hydroxylation sites is 2. The normalized spacial score (nSPS) is 12.2. The summed E-state index contributed by atoms with van der Waals surface area (Å²) >= 11 is 1.87. The topological polar surface area (TPSA) is 8.17 Å². The molecule has 53 heavy (non-hydrogen) atoms. The number of hydrogen-bond donors (Lipinski definition) is 0. The summed E-state index contributed by atoms with van der Waals surface area (Å²) in [6, 6.07) is 67.3. The molecule has 0 amide bonds. The molecule has 0 N–H and O–H groups in total. The predicted octanol–water partition coefficient (Wildman–Crippen LogP) is 14.6. The molecule has 9 aromatic carbocycles. The molecule has 0 bridgehead atoms. The number of hydrogen-bond acceptors (Lipinski definition) is 2. The van der Waals surface area contributed by atoms with Crippen LogP contribution in [0, 0.1) is 0 Å². The molecule has 0 saturated heterocycles. The fourth-order valence-corrected chi connectivity index (χ4v) is 10.2. The monoisotopic (exact) mass is 690 g/mol. The summed E-state index contributed by atoms with van der Waals surface area (Å²) in [4.78, 5) is 2.51. The fourth-order valence-electron chi connectivity index (χ4n) is 9.06. The Labute approximate surface area is 310 Å². The van der Waals surface area contributed by atoms with Crippen LogP contribution in [0.25, 0.3) is 91.5 Å². The van der Waals surface area contributed by atoms with Gasteiger partial charge in [-0.05, 0) is 99.4 Å². The molecule has 0 fully saturated rings. The molecule has 1 aliphatic carbocycles. The van der Waals surface area contributed by atoms with Crippen LogP contribution in [0.5, 0.6) is 0 Å². The highest BCUT2D eigenvalue weighted by atomic mass is 32.1. The van der Waals surface area contributed by atoms with E-state index in [-0.39, 0.29) is 0 Å². The average Bonchev–Trinajstić information content (AvgIpc) is 3.87. The van der Waals surface area contributed by atoms with Crippen molar-refractivity contribution in [3.05, 3.63) is 182 Å². The van der Waals surface area contributed by atoms with Crippen LogP contribution in [-0.2, 0) is 0 Å². The van der Waals surface area contributed by atoms with Crippen molar-refractivity contribution in [3.63, 3.8) is 0 Å². The first kappa shape index (κ1) is 29.0. The zero-order chi connectivity index (χ0) is 34.6. The minimum atomic E-state index is 1.13. The lowest BCUT2D eigenvalue weighted by molar-refractivity contribution is 1.18. The predicted molar refractivity (Wildman–Crippen MR) is 228 cm³/mol. The van der Waals surface area contributed by atoms with Gasteiger partial charge in [0.15, 0.2) is 0 Å². The van der Waals surface area contributed by atoms with E-state index in [4.69, 9.17) is 0 Å². The molecule has 11 aromatic rings. The van der Waals surface area contributed by atoms with Gasteiger partial charge in [0, 0.05) is 59.1 Å². The summed E-state index contributed by atoms with van der Waals surface area (Å²) < 4.78 is 5.00. The Balaban J connectivity index is 1.17. The van der Waals surface area contributed by atoms with E-state index in [0.717, 1.165) is 17.1 Å². The molecule has 2 nitrogen and oxygen atoms in total. The Morgan fingerprint density at radius 2 is 1.08 bits per heavy atom. The maximum absolute atomic E-state index is 2.51. The van der Waals surface area contributed by atoms with Crippen LogP contribution < -0.4 is 4.90 Å². The number of thiophene rings is 1. The summed E-state index contributed by atoms with van der Waals surface area (Å²) in [5.41, 5.74) is 12.2. The Morgan fingerprint density at radius 3 is 2.00 bits per heavy atom. The zero-order valence-electron chi connectivity index (χ0n) is 28.6. The van der Waals surface area contributed by atoms with Crippen molar-refractivity contribution in [3.8, 4) is 27.9 Å². The summed E-state index contributed by atoms with van der Waals surface area (Å²) in [7, 11) is 0. The van der Waals surface area contributed by atoms with Gasteiger partial charge in [-0.15, -0.1) is 11.3 Å². The highest BCUT2D eigenvalue weighted by Crippen LogP contribution is 2.56. The maximum atomic E-state index is 2.51. The number of fused-ring (bicyclic) bond motifs is 11. The summed E-state index contributed by atoms with van der Waals surface area (Å²) in [5, 5.41) is 10.3. The quantitative estimate of drug-likeness (QED) is 0.167. The van der Waals surface area contributed by atoms with Crippen LogP contribution in [0.1, 0.15) is 0 Å². The van der Waals surface area contributed by atoms with Gasteiger partial charge in [0.2, 0.25) is 0 Å². The van der Waals surface area contributed by atoms with Gasteiger partial charge < -0.3 is 9.47 Å². The molecule has 2 heterocycles. The van der Waals surface area contributed by atoms with Gasteiger partial charge in [0.25, 0.3) is 0 Å². The molecule has 12 rings (SSSR count). The van der Waals surface area contributed by atoms with E-state index >= 15 is 0 Å². The second kappa shape index (κ2) is 10.9. The van der Waals surface area contributed by atoms with Crippen molar-refractivity contribution in [1.29, 1.82) is 0 Å². The number of aromatic nitrogens is 1.